The smallest absolute Gasteiger partial charge is 0.326 e. The van der Waals surface area contributed by atoms with Crippen LogP contribution in [0.2, 0.25) is 5.02 Å². The fourth-order valence-electron chi connectivity index (χ4n) is 1.99. The molecule has 1 atom stereocenters. The Hall–Kier alpha value is -2.01. The third-order valence-corrected chi connectivity index (χ3v) is 3.06. The van der Waals surface area contributed by atoms with E-state index in [4.69, 9.17) is 16.7 Å². The van der Waals surface area contributed by atoms with Crippen LogP contribution in [0.15, 0.2) is 24.4 Å². The summed E-state index contributed by atoms with van der Waals surface area (Å²) in [6.07, 6.45) is 1.95. The molecule has 2 rings (SSSR count). The van der Waals surface area contributed by atoms with E-state index in [9.17, 15) is 9.59 Å². The van der Waals surface area contributed by atoms with Crippen molar-refractivity contribution >= 4 is 34.4 Å². The number of aromatic amines is 1. The quantitative estimate of drug-likeness (QED) is 0.800. The SMILES string of the molecule is CC(=O)N[C@@H](Cc1c[nH]c2cc(Cl)ccc12)C(=O)O. The minimum atomic E-state index is -1.06. The number of carboxylic acids is 1. The first-order valence-electron chi connectivity index (χ1n) is 5.73. The van der Waals surface area contributed by atoms with Crippen molar-refractivity contribution in [2.24, 2.45) is 0 Å². The van der Waals surface area contributed by atoms with Crippen LogP contribution in [-0.4, -0.2) is 28.0 Å². The molecular weight excluding hydrogens is 268 g/mol. The molecule has 0 radical (unpaired) electrons. The van der Waals surface area contributed by atoms with Crippen LogP contribution < -0.4 is 5.32 Å². The van der Waals surface area contributed by atoms with Gasteiger partial charge in [-0.1, -0.05) is 17.7 Å². The van der Waals surface area contributed by atoms with Gasteiger partial charge in [0, 0.05) is 35.5 Å². The Kier molecular flexibility index (Phi) is 3.76. The molecule has 1 aromatic heterocycles. The summed E-state index contributed by atoms with van der Waals surface area (Å²) in [5.74, 6) is -1.42. The van der Waals surface area contributed by atoms with Gasteiger partial charge >= 0.3 is 5.97 Å². The molecule has 6 heteroatoms. The number of rotatable bonds is 4. The Morgan fingerprint density at radius 3 is 2.84 bits per heavy atom. The molecule has 0 bridgehead atoms. The van der Waals surface area contributed by atoms with Crippen molar-refractivity contribution in [3.63, 3.8) is 0 Å². The standard InChI is InChI=1S/C13H13ClN2O3/c1-7(17)16-12(13(18)19)4-8-6-15-11-5-9(14)2-3-10(8)11/h2-3,5-6,12,15H,4H2,1H3,(H,16,17)(H,18,19)/t12-/m0/s1. The summed E-state index contributed by atoms with van der Waals surface area (Å²) in [5, 5.41) is 13.0. The van der Waals surface area contributed by atoms with E-state index >= 15 is 0 Å². The number of hydrogen-bond donors (Lipinski definition) is 3. The maximum absolute atomic E-state index is 11.1. The van der Waals surface area contributed by atoms with Crippen molar-refractivity contribution in [2.75, 3.05) is 0 Å². The highest BCUT2D eigenvalue weighted by atomic mass is 35.5. The highest BCUT2D eigenvalue weighted by Gasteiger charge is 2.20. The average Bonchev–Trinajstić information content (AvgIpc) is 2.70. The number of aromatic nitrogens is 1. The number of benzene rings is 1. The monoisotopic (exact) mass is 280 g/mol. The van der Waals surface area contributed by atoms with Crippen LogP contribution in [0, 0.1) is 0 Å². The molecule has 2 aromatic rings. The molecule has 19 heavy (non-hydrogen) atoms. The fourth-order valence-corrected chi connectivity index (χ4v) is 2.16. The van der Waals surface area contributed by atoms with Crippen molar-refractivity contribution in [1.29, 1.82) is 0 Å². The number of halogens is 1. The number of carboxylic acid groups (broad SMARTS) is 1. The van der Waals surface area contributed by atoms with Crippen LogP contribution in [0.1, 0.15) is 12.5 Å². The highest BCUT2D eigenvalue weighted by Crippen LogP contribution is 2.23. The predicted molar refractivity (Wildman–Crippen MR) is 72.3 cm³/mol. The molecule has 0 unspecified atom stereocenters. The molecule has 0 saturated carbocycles. The summed E-state index contributed by atoms with van der Waals surface area (Å²) in [6, 6.07) is 4.41. The van der Waals surface area contributed by atoms with Crippen molar-refractivity contribution in [3.8, 4) is 0 Å². The third-order valence-electron chi connectivity index (χ3n) is 2.83. The van der Waals surface area contributed by atoms with E-state index in [-0.39, 0.29) is 12.3 Å². The summed E-state index contributed by atoms with van der Waals surface area (Å²) in [7, 11) is 0. The molecule has 0 aliphatic carbocycles. The second kappa shape index (κ2) is 5.32. The topological polar surface area (TPSA) is 82.2 Å². The predicted octanol–water partition coefficient (Wildman–Crippen LogP) is 1.95. The first kappa shape index (κ1) is 13.4. The van der Waals surface area contributed by atoms with Gasteiger partial charge in [0.2, 0.25) is 5.91 Å². The van der Waals surface area contributed by atoms with Gasteiger partial charge in [0.25, 0.3) is 0 Å². The van der Waals surface area contributed by atoms with Crippen LogP contribution >= 0.6 is 11.6 Å². The van der Waals surface area contributed by atoms with Gasteiger partial charge in [0.05, 0.1) is 0 Å². The van der Waals surface area contributed by atoms with E-state index in [0.717, 1.165) is 16.5 Å². The third kappa shape index (κ3) is 3.06. The van der Waals surface area contributed by atoms with Crippen molar-refractivity contribution in [1.82, 2.24) is 10.3 Å². The van der Waals surface area contributed by atoms with E-state index in [0.29, 0.717) is 5.02 Å². The summed E-state index contributed by atoms with van der Waals surface area (Å²) in [6.45, 7) is 1.30. The lowest BCUT2D eigenvalue weighted by molar-refractivity contribution is -0.141. The number of amides is 1. The molecule has 0 spiro atoms. The Labute approximate surface area is 114 Å². The Morgan fingerprint density at radius 2 is 2.21 bits per heavy atom. The van der Waals surface area contributed by atoms with Gasteiger partial charge in [-0.05, 0) is 17.7 Å². The molecule has 5 nitrogen and oxygen atoms in total. The zero-order valence-electron chi connectivity index (χ0n) is 10.2. The van der Waals surface area contributed by atoms with Gasteiger partial charge in [0.1, 0.15) is 6.04 Å². The molecule has 0 saturated heterocycles. The zero-order chi connectivity index (χ0) is 14.0. The summed E-state index contributed by atoms with van der Waals surface area (Å²) in [4.78, 5) is 25.1. The maximum Gasteiger partial charge on any atom is 0.326 e. The Bertz CT molecular complexity index is 636. The molecule has 100 valence electrons. The second-order valence-electron chi connectivity index (χ2n) is 4.30. The van der Waals surface area contributed by atoms with Gasteiger partial charge in [-0.25, -0.2) is 4.79 Å². The number of nitrogens with one attached hydrogen (secondary N) is 2. The lowest BCUT2D eigenvalue weighted by atomic mass is 10.1. The first-order valence-corrected chi connectivity index (χ1v) is 6.10. The van der Waals surface area contributed by atoms with Crippen molar-refractivity contribution in [3.05, 3.63) is 35.0 Å². The van der Waals surface area contributed by atoms with Crippen LogP contribution in [0.5, 0.6) is 0 Å². The Balaban J connectivity index is 2.28. The molecule has 1 heterocycles. The van der Waals surface area contributed by atoms with Gasteiger partial charge in [0.15, 0.2) is 0 Å². The highest BCUT2D eigenvalue weighted by molar-refractivity contribution is 6.31. The molecule has 0 aliphatic heterocycles. The summed E-state index contributed by atoms with van der Waals surface area (Å²) in [5.41, 5.74) is 1.67. The maximum atomic E-state index is 11.1. The average molecular weight is 281 g/mol. The molecule has 1 amide bonds. The summed E-state index contributed by atoms with van der Waals surface area (Å²) >= 11 is 5.88. The second-order valence-corrected chi connectivity index (χ2v) is 4.74. The zero-order valence-corrected chi connectivity index (χ0v) is 11.0. The lowest BCUT2D eigenvalue weighted by Gasteiger charge is -2.12. The number of fused-ring (bicyclic) bond motifs is 1. The number of aliphatic carboxylic acids is 1. The van der Waals surface area contributed by atoms with Crippen LogP contribution in [0.25, 0.3) is 10.9 Å². The molecule has 0 fully saturated rings. The van der Waals surface area contributed by atoms with Gasteiger partial charge in [-0.2, -0.15) is 0 Å². The number of H-pyrrole nitrogens is 1. The van der Waals surface area contributed by atoms with E-state index in [1.165, 1.54) is 6.92 Å². The van der Waals surface area contributed by atoms with Crippen molar-refractivity contribution in [2.45, 2.75) is 19.4 Å². The van der Waals surface area contributed by atoms with E-state index in [1.807, 2.05) is 6.07 Å². The summed E-state index contributed by atoms with van der Waals surface area (Å²) < 4.78 is 0. The minimum Gasteiger partial charge on any atom is -0.480 e. The first-order chi connectivity index (χ1) is 8.97. The molecular formula is C13H13ClN2O3. The van der Waals surface area contributed by atoms with Gasteiger partial charge < -0.3 is 15.4 Å². The fraction of sp³-hybridized carbons (Fsp3) is 0.231. The van der Waals surface area contributed by atoms with Gasteiger partial charge in [-0.3, -0.25) is 4.79 Å². The minimum absolute atomic E-state index is 0.219. The van der Waals surface area contributed by atoms with Crippen LogP contribution in [0.4, 0.5) is 0 Å². The molecule has 0 aliphatic rings. The number of hydrogen-bond acceptors (Lipinski definition) is 2. The van der Waals surface area contributed by atoms with Gasteiger partial charge in [-0.15, -0.1) is 0 Å². The Morgan fingerprint density at radius 1 is 1.47 bits per heavy atom. The molecule has 3 N–H and O–H groups in total. The van der Waals surface area contributed by atoms with Crippen LogP contribution in [0.3, 0.4) is 0 Å². The molecule has 1 aromatic carbocycles. The van der Waals surface area contributed by atoms with E-state index in [1.54, 1.807) is 18.3 Å². The van der Waals surface area contributed by atoms with Crippen molar-refractivity contribution < 1.29 is 14.7 Å². The normalized spacial score (nSPS) is 12.3. The van der Waals surface area contributed by atoms with Crippen LogP contribution in [-0.2, 0) is 16.0 Å². The van der Waals surface area contributed by atoms with E-state index in [2.05, 4.69) is 10.3 Å². The number of carbonyl (C=O) groups excluding carboxylic acids is 1. The van der Waals surface area contributed by atoms with E-state index < -0.39 is 12.0 Å². The largest absolute Gasteiger partial charge is 0.480 e. The lowest BCUT2D eigenvalue weighted by Crippen LogP contribution is -2.41. The number of carbonyl (C=O) groups is 2.